The summed E-state index contributed by atoms with van der Waals surface area (Å²) in [5.41, 5.74) is 0. The lowest BCUT2D eigenvalue weighted by Gasteiger charge is -2.34. The molecule has 0 spiro atoms. The average molecular weight is 334 g/mol. The molecule has 0 N–H and O–H groups in total. The average Bonchev–Trinajstić information content (AvgIpc) is 3.36. The van der Waals surface area contributed by atoms with Crippen LogP contribution in [-0.4, -0.2) is 71.8 Å². The lowest BCUT2D eigenvalue weighted by molar-refractivity contribution is -0.134. The van der Waals surface area contributed by atoms with Crippen LogP contribution in [0.25, 0.3) is 0 Å². The molecular formula is C17H26N4O3. The number of carbonyl (C=O) groups excluding carboxylic acids is 1. The molecular weight excluding hydrogens is 308 g/mol. The van der Waals surface area contributed by atoms with Crippen LogP contribution in [0.3, 0.4) is 0 Å². The van der Waals surface area contributed by atoms with E-state index in [1.54, 1.807) is 0 Å². The molecule has 3 heterocycles. The second kappa shape index (κ2) is 7.19. The van der Waals surface area contributed by atoms with Gasteiger partial charge < -0.3 is 14.2 Å². The van der Waals surface area contributed by atoms with Crippen molar-refractivity contribution in [2.45, 2.75) is 38.0 Å². The molecule has 3 aliphatic rings. The third-order valence-corrected chi connectivity index (χ3v) is 5.31. The molecule has 0 bridgehead atoms. The minimum atomic E-state index is 0.255. The molecule has 0 aromatic carbocycles. The van der Waals surface area contributed by atoms with Gasteiger partial charge in [0.2, 0.25) is 11.8 Å². The molecule has 1 aromatic heterocycles. The molecule has 4 rings (SSSR count). The SMILES string of the molecule is O=C(CN1CCOCC1)N1CCC(Cc2noc(C3CC3)n2)CC1. The molecule has 2 saturated heterocycles. The van der Waals surface area contributed by atoms with Gasteiger partial charge in [0.15, 0.2) is 5.82 Å². The minimum Gasteiger partial charge on any atom is -0.379 e. The maximum absolute atomic E-state index is 12.4. The fraction of sp³-hybridized carbons (Fsp3) is 0.824. The van der Waals surface area contributed by atoms with Crippen LogP contribution in [-0.2, 0) is 16.0 Å². The second-order valence-electron chi connectivity index (χ2n) is 7.24. The predicted octanol–water partition coefficient (Wildman–Crippen LogP) is 1.06. The van der Waals surface area contributed by atoms with Crippen molar-refractivity contribution in [3.8, 4) is 0 Å². The Morgan fingerprint density at radius 1 is 1.08 bits per heavy atom. The van der Waals surface area contributed by atoms with Crippen molar-refractivity contribution >= 4 is 5.91 Å². The van der Waals surface area contributed by atoms with Crippen LogP contribution in [0.1, 0.15) is 43.3 Å². The van der Waals surface area contributed by atoms with Gasteiger partial charge in [-0.05, 0) is 31.6 Å². The Hall–Kier alpha value is -1.47. The highest BCUT2D eigenvalue weighted by Gasteiger charge is 2.30. The minimum absolute atomic E-state index is 0.255. The molecule has 7 heteroatoms. The van der Waals surface area contributed by atoms with Crippen molar-refractivity contribution in [3.05, 3.63) is 11.7 Å². The number of morpholine rings is 1. The van der Waals surface area contributed by atoms with Gasteiger partial charge in [0.1, 0.15) is 0 Å². The molecule has 24 heavy (non-hydrogen) atoms. The molecule has 3 fully saturated rings. The van der Waals surface area contributed by atoms with Crippen LogP contribution in [0.2, 0.25) is 0 Å². The Morgan fingerprint density at radius 2 is 1.83 bits per heavy atom. The molecule has 7 nitrogen and oxygen atoms in total. The van der Waals surface area contributed by atoms with E-state index in [1.807, 2.05) is 4.90 Å². The summed E-state index contributed by atoms with van der Waals surface area (Å²) in [6.07, 6.45) is 5.31. The number of carbonyl (C=O) groups is 1. The predicted molar refractivity (Wildman–Crippen MR) is 86.5 cm³/mol. The van der Waals surface area contributed by atoms with E-state index in [1.165, 1.54) is 12.8 Å². The number of rotatable bonds is 5. The van der Waals surface area contributed by atoms with Crippen LogP contribution < -0.4 is 0 Å². The normalized spacial score (nSPS) is 23.6. The van der Waals surface area contributed by atoms with Crippen LogP contribution in [0.4, 0.5) is 0 Å². The third kappa shape index (κ3) is 3.95. The van der Waals surface area contributed by atoms with Crippen molar-refractivity contribution in [3.63, 3.8) is 0 Å². The van der Waals surface area contributed by atoms with Crippen molar-refractivity contribution in [1.29, 1.82) is 0 Å². The first-order chi connectivity index (χ1) is 11.8. The van der Waals surface area contributed by atoms with E-state index >= 15 is 0 Å². The van der Waals surface area contributed by atoms with Crippen molar-refractivity contribution in [2.24, 2.45) is 5.92 Å². The van der Waals surface area contributed by atoms with Crippen LogP contribution in [0, 0.1) is 5.92 Å². The Bertz CT molecular complexity index is 558. The maximum atomic E-state index is 12.4. The lowest BCUT2D eigenvalue weighted by atomic mass is 9.93. The number of piperidine rings is 1. The zero-order valence-corrected chi connectivity index (χ0v) is 14.2. The molecule has 132 valence electrons. The first-order valence-electron chi connectivity index (χ1n) is 9.18. The fourth-order valence-corrected chi connectivity index (χ4v) is 3.54. The van der Waals surface area contributed by atoms with Crippen LogP contribution in [0.5, 0.6) is 0 Å². The Balaban J connectivity index is 1.21. The number of amides is 1. The largest absolute Gasteiger partial charge is 0.379 e. The summed E-state index contributed by atoms with van der Waals surface area (Å²) >= 11 is 0. The smallest absolute Gasteiger partial charge is 0.236 e. The van der Waals surface area contributed by atoms with Crippen molar-refractivity contribution in [1.82, 2.24) is 19.9 Å². The molecule has 0 unspecified atom stereocenters. The van der Waals surface area contributed by atoms with Crippen LogP contribution >= 0.6 is 0 Å². The van der Waals surface area contributed by atoms with Gasteiger partial charge in [0.25, 0.3) is 0 Å². The summed E-state index contributed by atoms with van der Waals surface area (Å²) in [4.78, 5) is 21.1. The zero-order chi connectivity index (χ0) is 16.4. The summed E-state index contributed by atoms with van der Waals surface area (Å²) in [5, 5.41) is 4.12. The van der Waals surface area contributed by atoms with Gasteiger partial charge in [0.05, 0.1) is 19.8 Å². The summed E-state index contributed by atoms with van der Waals surface area (Å²) in [6.45, 7) is 5.44. The van der Waals surface area contributed by atoms with Crippen molar-refractivity contribution < 1.29 is 14.1 Å². The summed E-state index contributed by atoms with van der Waals surface area (Å²) in [5.74, 6) is 3.00. The van der Waals surface area contributed by atoms with Crippen LogP contribution in [0.15, 0.2) is 4.52 Å². The topological polar surface area (TPSA) is 71.7 Å². The summed E-state index contributed by atoms with van der Waals surface area (Å²) in [7, 11) is 0. The number of hydrogen-bond donors (Lipinski definition) is 0. The van der Waals surface area contributed by atoms with E-state index < -0.39 is 0 Å². The number of hydrogen-bond acceptors (Lipinski definition) is 6. The standard InChI is InChI=1S/C17H26N4O3/c22-16(12-20-7-9-23-10-8-20)21-5-3-13(4-6-21)11-15-18-17(24-19-15)14-1-2-14/h13-14H,1-12H2. The monoisotopic (exact) mass is 334 g/mol. The molecule has 1 saturated carbocycles. The highest BCUT2D eigenvalue weighted by Crippen LogP contribution is 2.39. The van der Waals surface area contributed by atoms with Gasteiger partial charge in [-0.3, -0.25) is 9.69 Å². The molecule has 1 amide bonds. The number of aromatic nitrogens is 2. The zero-order valence-electron chi connectivity index (χ0n) is 14.2. The molecule has 0 radical (unpaired) electrons. The van der Waals surface area contributed by atoms with Gasteiger partial charge in [-0.1, -0.05) is 5.16 Å². The van der Waals surface area contributed by atoms with E-state index in [2.05, 4.69) is 15.0 Å². The first-order valence-corrected chi connectivity index (χ1v) is 9.18. The summed E-state index contributed by atoms with van der Waals surface area (Å²) < 4.78 is 10.7. The second-order valence-corrected chi connectivity index (χ2v) is 7.24. The van der Waals surface area contributed by atoms with E-state index in [0.29, 0.717) is 18.4 Å². The lowest BCUT2D eigenvalue weighted by Crippen LogP contribution is -2.47. The molecule has 1 aromatic rings. The number of ether oxygens (including phenoxy) is 1. The summed E-state index contributed by atoms with van der Waals surface area (Å²) in [6, 6.07) is 0. The fourth-order valence-electron chi connectivity index (χ4n) is 3.54. The highest BCUT2D eigenvalue weighted by molar-refractivity contribution is 5.78. The molecule has 2 aliphatic heterocycles. The molecule has 1 aliphatic carbocycles. The van der Waals surface area contributed by atoms with Gasteiger partial charge in [0, 0.05) is 38.5 Å². The Kier molecular flexibility index (Phi) is 4.80. The van der Waals surface area contributed by atoms with E-state index in [-0.39, 0.29) is 5.91 Å². The van der Waals surface area contributed by atoms with Gasteiger partial charge in [-0.2, -0.15) is 4.98 Å². The van der Waals surface area contributed by atoms with Crippen molar-refractivity contribution in [2.75, 3.05) is 45.9 Å². The Morgan fingerprint density at radius 3 is 2.54 bits per heavy atom. The van der Waals surface area contributed by atoms with Gasteiger partial charge in [-0.15, -0.1) is 0 Å². The maximum Gasteiger partial charge on any atom is 0.236 e. The molecule has 0 atom stereocenters. The highest BCUT2D eigenvalue weighted by atomic mass is 16.5. The number of likely N-dealkylation sites (tertiary alicyclic amines) is 1. The van der Waals surface area contributed by atoms with Gasteiger partial charge in [-0.25, -0.2) is 0 Å². The number of nitrogens with zero attached hydrogens (tertiary/aromatic N) is 4. The van der Waals surface area contributed by atoms with E-state index in [0.717, 1.165) is 70.4 Å². The van der Waals surface area contributed by atoms with E-state index in [9.17, 15) is 4.79 Å². The first kappa shape index (κ1) is 16.0. The third-order valence-electron chi connectivity index (χ3n) is 5.31. The van der Waals surface area contributed by atoms with Gasteiger partial charge >= 0.3 is 0 Å². The Labute approximate surface area is 142 Å². The quantitative estimate of drug-likeness (QED) is 0.802. The van der Waals surface area contributed by atoms with E-state index in [4.69, 9.17) is 9.26 Å².